The molecule has 0 aromatic heterocycles. The Hall–Kier alpha value is -0.530. The second-order valence-electron chi connectivity index (χ2n) is 4.20. The Morgan fingerprint density at radius 3 is 2.46 bits per heavy atom. The van der Waals surface area contributed by atoms with Crippen molar-refractivity contribution in [1.29, 1.82) is 0 Å². The van der Waals surface area contributed by atoms with Crippen LogP contribution in [0.15, 0.2) is 0 Å². The molecule has 0 spiro atoms. The van der Waals surface area contributed by atoms with Crippen molar-refractivity contribution in [3.05, 3.63) is 0 Å². The largest absolute Gasteiger partial charge is 0.369 e. The van der Waals surface area contributed by atoms with Gasteiger partial charge < -0.3 is 5.73 Å². The summed E-state index contributed by atoms with van der Waals surface area (Å²) in [5.74, 6) is 0.672. The van der Waals surface area contributed by atoms with Crippen molar-refractivity contribution in [2.75, 3.05) is 0 Å². The number of primary amides is 1. The van der Waals surface area contributed by atoms with Gasteiger partial charge in [-0.3, -0.25) is 4.79 Å². The molecule has 0 radical (unpaired) electrons. The first-order valence-corrected chi connectivity index (χ1v) is 5.55. The van der Waals surface area contributed by atoms with Crippen molar-refractivity contribution in [2.45, 2.75) is 51.9 Å². The van der Waals surface area contributed by atoms with Gasteiger partial charge in [0.1, 0.15) is 0 Å². The van der Waals surface area contributed by atoms with Crippen LogP contribution in [0, 0.1) is 11.8 Å². The maximum atomic E-state index is 11.2. The summed E-state index contributed by atoms with van der Waals surface area (Å²) in [6.45, 7) is 2.12. The Morgan fingerprint density at radius 1 is 1.38 bits per heavy atom. The molecule has 0 unspecified atom stereocenters. The van der Waals surface area contributed by atoms with Gasteiger partial charge in [-0.05, 0) is 25.2 Å². The predicted octanol–water partition coefficient (Wildman–Crippen LogP) is 2.47. The van der Waals surface area contributed by atoms with Crippen molar-refractivity contribution >= 4 is 5.91 Å². The molecule has 0 heterocycles. The molecular weight excluding hydrogens is 162 g/mol. The minimum absolute atomic E-state index is 0.0752. The smallest absolute Gasteiger partial charge is 0.220 e. The van der Waals surface area contributed by atoms with E-state index in [9.17, 15) is 4.79 Å². The van der Waals surface area contributed by atoms with Crippen molar-refractivity contribution in [3.63, 3.8) is 0 Å². The Morgan fingerprint density at radius 2 is 2.00 bits per heavy atom. The molecule has 13 heavy (non-hydrogen) atoms. The Labute approximate surface area is 80.9 Å². The summed E-state index contributed by atoms with van der Waals surface area (Å²) in [4.78, 5) is 11.2. The molecule has 2 N–H and O–H groups in total. The van der Waals surface area contributed by atoms with Crippen LogP contribution in [0.5, 0.6) is 0 Å². The van der Waals surface area contributed by atoms with Gasteiger partial charge in [-0.2, -0.15) is 0 Å². The average molecular weight is 183 g/mol. The number of nitrogens with two attached hydrogens (primary N) is 1. The van der Waals surface area contributed by atoms with E-state index < -0.39 is 0 Å². The number of hydrogen-bond donors (Lipinski definition) is 1. The minimum Gasteiger partial charge on any atom is -0.369 e. The minimum atomic E-state index is -0.0752. The second kappa shape index (κ2) is 5.25. The van der Waals surface area contributed by atoms with Crippen LogP contribution in [0.3, 0.4) is 0 Å². The quantitative estimate of drug-likeness (QED) is 0.714. The normalized spacial score (nSPS) is 21.3. The van der Waals surface area contributed by atoms with E-state index >= 15 is 0 Å². The van der Waals surface area contributed by atoms with E-state index in [0.29, 0.717) is 5.92 Å². The monoisotopic (exact) mass is 183 g/mol. The highest BCUT2D eigenvalue weighted by Crippen LogP contribution is 2.32. The van der Waals surface area contributed by atoms with Crippen LogP contribution in [0.2, 0.25) is 0 Å². The van der Waals surface area contributed by atoms with Crippen molar-refractivity contribution in [2.24, 2.45) is 17.6 Å². The molecule has 0 bridgehead atoms. The molecule has 76 valence electrons. The fourth-order valence-corrected chi connectivity index (χ4v) is 2.46. The molecule has 1 aliphatic carbocycles. The van der Waals surface area contributed by atoms with Gasteiger partial charge in [-0.1, -0.05) is 32.6 Å². The highest BCUT2D eigenvalue weighted by Gasteiger charge is 2.26. The molecular formula is C11H21NO. The topological polar surface area (TPSA) is 43.1 Å². The lowest BCUT2D eigenvalue weighted by Crippen LogP contribution is -2.31. The first-order chi connectivity index (χ1) is 6.25. The Kier molecular flexibility index (Phi) is 4.26. The Bertz CT molecular complexity index is 161. The maximum absolute atomic E-state index is 11.2. The molecule has 1 aliphatic rings. The zero-order valence-corrected chi connectivity index (χ0v) is 8.59. The molecule has 0 aliphatic heterocycles. The van der Waals surface area contributed by atoms with Gasteiger partial charge in [-0.15, -0.1) is 0 Å². The van der Waals surface area contributed by atoms with E-state index in [2.05, 4.69) is 6.92 Å². The molecule has 0 aromatic rings. The summed E-state index contributed by atoms with van der Waals surface area (Å²) in [5.41, 5.74) is 5.41. The second-order valence-corrected chi connectivity index (χ2v) is 4.20. The van der Waals surface area contributed by atoms with E-state index in [4.69, 9.17) is 5.73 Å². The van der Waals surface area contributed by atoms with Crippen LogP contribution in [0.4, 0.5) is 0 Å². The summed E-state index contributed by atoms with van der Waals surface area (Å²) in [5, 5.41) is 0. The molecule has 1 atom stereocenters. The van der Waals surface area contributed by atoms with Crippen molar-refractivity contribution in [3.8, 4) is 0 Å². The number of hydrogen-bond acceptors (Lipinski definition) is 1. The van der Waals surface area contributed by atoms with Crippen LogP contribution in [0.25, 0.3) is 0 Å². The van der Waals surface area contributed by atoms with Crippen molar-refractivity contribution < 1.29 is 4.79 Å². The average Bonchev–Trinajstić information content (AvgIpc) is 2.15. The SMILES string of the molecule is CCC[C@@H](C(N)=O)C1CCCCC1. The zero-order chi connectivity index (χ0) is 9.68. The van der Waals surface area contributed by atoms with Crippen LogP contribution in [-0.4, -0.2) is 5.91 Å². The maximum Gasteiger partial charge on any atom is 0.220 e. The van der Waals surface area contributed by atoms with E-state index in [1.807, 2.05) is 0 Å². The number of rotatable bonds is 4. The third kappa shape index (κ3) is 3.02. The molecule has 1 rings (SSSR count). The van der Waals surface area contributed by atoms with Crippen molar-refractivity contribution in [1.82, 2.24) is 0 Å². The van der Waals surface area contributed by atoms with E-state index in [1.54, 1.807) is 0 Å². The van der Waals surface area contributed by atoms with Gasteiger partial charge in [0.05, 0.1) is 0 Å². The number of carbonyl (C=O) groups is 1. The van der Waals surface area contributed by atoms with Gasteiger partial charge in [0.15, 0.2) is 0 Å². The van der Waals surface area contributed by atoms with Crippen LogP contribution in [0.1, 0.15) is 51.9 Å². The molecule has 0 aromatic carbocycles. The summed E-state index contributed by atoms with van der Waals surface area (Å²) in [6.07, 6.45) is 8.41. The number of amides is 1. The fraction of sp³-hybridized carbons (Fsp3) is 0.909. The van der Waals surface area contributed by atoms with E-state index in [0.717, 1.165) is 12.8 Å². The standard InChI is InChI=1S/C11H21NO/c1-2-6-10(11(12)13)9-7-4-3-5-8-9/h9-10H,2-8H2,1H3,(H2,12,13)/t10-/m1/s1. The first kappa shape index (κ1) is 10.6. The Balaban J connectivity index is 2.46. The van der Waals surface area contributed by atoms with Gasteiger partial charge in [0.25, 0.3) is 0 Å². The highest BCUT2D eigenvalue weighted by molar-refractivity contribution is 5.76. The first-order valence-electron chi connectivity index (χ1n) is 5.55. The lowest BCUT2D eigenvalue weighted by molar-refractivity contribution is -0.124. The van der Waals surface area contributed by atoms with Crippen LogP contribution < -0.4 is 5.73 Å². The van der Waals surface area contributed by atoms with Gasteiger partial charge in [0.2, 0.25) is 5.91 Å². The third-order valence-electron chi connectivity index (χ3n) is 3.18. The third-order valence-corrected chi connectivity index (χ3v) is 3.18. The summed E-state index contributed by atoms with van der Waals surface area (Å²) in [6, 6.07) is 0. The predicted molar refractivity (Wildman–Crippen MR) is 54.2 cm³/mol. The lowest BCUT2D eigenvalue weighted by Gasteiger charge is -2.27. The van der Waals surface area contributed by atoms with Crippen LogP contribution in [-0.2, 0) is 4.79 Å². The zero-order valence-electron chi connectivity index (χ0n) is 8.59. The summed E-state index contributed by atoms with van der Waals surface area (Å²) >= 11 is 0. The summed E-state index contributed by atoms with van der Waals surface area (Å²) in [7, 11) is 0. The fourth-order valence-electron chi connectivity index (χ4n) is 2.46. The molecule has 0 saturated heterocycles. The van der Waals surface area contributed by atoms with E-state index in [1.165, 1.54) is 32.1 Å². The highest BCUT2D eigenvalue weighted by atomic mass is 16.1. The lowest BCUT2D eigenvalue weighted by atomic mass is 9.78. The van der Waals surface area contributed by atoms with E-state index in [-0.39, 0.29) is 11.8 Å². The molecule has 2 nitrogen and oxygen atoms in total. The van der Waals surface area contributed by atoms with Gasteiger partial charge in [0, 0.05) is 5.92 Å². The molecule has 1 amide bonds. The van der Waals surface area contributed by atoms with Crippen LogP contribution >= 0.6 is 0 Å². The van der Waals surface area contributed by atoms with Gasteiger partial charge in [-0.25, -0.2) is 0 Å². The molecule has 1 saturated carbocycles. The molecule has 1 fully saturated rings. The molecule has 2 heteroatoms. The number of carbonyl (C=O) groups excluding carboxylic acids is 1. The summed E-state index contributed by atoms with van der Waals surface area (Å²) < 4.78 is 0. The van der Waals surface area contributed by atoms with Gasteiger partial charge >= 0.3 is 0 Å².